The van der Waals surface area contributed by atoms with E-state index in [4.69, 9.17) is 4.42 Å². The lowest BCUT2D eigenvalue weighted by atomic mass is 10.3. The highest BCUT2D eigenvalue weighted by atomic mass is 32.1. The van der Waals surface area contributed by atoms with Crippen LogP contribution in [0.15, 0.2) is 16.8 Å². The molecule has 1 N–H and O–H groups in total. The zero-order chi connectivity index (χ0) is 12.8. The van der Waals surface area contributed by atoms with Crippen LogP contribution < -0.4 is 5.32 Å². The minimum Gasteiger partial charge on any atom is -0.440 e. The van der Waals surface area contributed by atoms with Gasteiger partial charge in [0.1, 0.15) is 0 Å². The predicted molar refractivity (Wildman–Crippen MR) is 73.8 cm³/mol. The van der Waals surface area contributed by atoms with E-state index in [0.29, 0.717) is 0 Å². The largest absolute Gasteiger partial charge is 0.440 e. The molecule has 0 aromatic carbocycles. The Morgan fingerprint density at radius 2 is 2.17 bits per heavy atom. The van der Waals surface area contributed by atoms with Gasteiger partial charge in [0.05, 0.1) is 16.1 Å². The smallest absolute Gasteiger partial charge is 0.194 e. The molecule has 0 radical (unpaired) electrons. The summed E-state index contributed by atoms with van der Waals surface area (Å²) in [6, 6.07) is 0. The van der Waals surface area contributed by atoms with Crippen LogP contribution in [-0.2, 0) is 6.42 Å². The number of hydrogen-bond donors (Lipinski definition) is 1. The molecule has 0 unspecified atom stereocenters. The molecule has 2 aromatic rings. The zero-order valence-corrected chi connectivity index (χ0v) is 11.7. The van der Waals surface area contributed by atoms with Crippen molar-refractivity contribution in [2.45, 2.75) is 33.1 Å². The highest BCUT2D eigenvalue weighted by Crippen LogP contribution is 2.26. The van der Waals surface area contributed by atoms with Crippen LogP contribution in [-0.4, -0.2) is 23.1 Å². The Kier molecular flexibility index (Phi) is 4.90. The molecule has 0 atom stereocenters. The van der Waals surface area contributed by atoms with E-state index in [2.05, 4.69) is 22.2 Å². The van der Waals surface area contributed by atoms with E-state index >= 15 is 0 Å². The number of aryl methyl sites for hydroxylation is 2. The second-order valence-corrected chi connectivity index (χ2v) is 5.45. The van der Waals surface area contributed by atoms with Crippen molar-refractivity contribution in [2.24, 2.45) is 0 Å². The van der Waals surface area contributed by atoms with E-state index in [0.717, 1.165) is 47.5 Å². The molecule has 4 nitrogen and oxygen atoms in total. The molecule has 2 rings (SSSR count). The molecule has 0 aliphatic rings. The van der Waals surface area contributed by atoms with Gasteiger partial charge in [0.2, 0.25) is 0 Å². The summed E-state index contributed by atoms with van der Waals surface area (Å²) in [7, 11) is 0. The number of rotatable bonds is 7. The van der Waals surface area contributed by atoms with Gasteiger partial charge in [-0.15, -0.1) is 11.3 Å². The average molecular weight is 265 g/mol. The maximum absolute atomic E-state index is 5.72. The quantitative estimate of drug-likeness (QED) is 0.782. The highest BCUT2D eigenvalue weighted by molar-refractivity contribution is 7.14. The van der Waals surface area contributed by atoms with Gasteiger partial charge >= 0.3 is 0 Å². The second-order valence-electron chi connectivity index (χ2n) is 4.22. The Morgan fingerprint density at radius 3 is 2.89 bits per heavy atom. The minimum atomic E-state index is 0.814. The van der Waals surface area contributed by atoms with E-state index in [-0.39, 0.29) is 0 Å². The van der Waals surface area contributed by atoms with Crippen molar-refractivity contribution >= 4 is 11.3 Å². The molecule has 18 heavy (non-hydrogen) atoms. The van der Waals surface area contributed by atoms with E-state index in [1.807, 2.05) is 13.1 Å². The Labute approximate surface area is 111 Å². The molecule has 0 spiro atoms. The molecule has 0 aliphatic carbocycles. The number of aromatic nitrogens is 2. The molecule has 0 bridgehead atoms. The summed E-state index contributed by atoms with van der Waals surface area (Å²) >= 11 is 1.63. The lowest BCUT2D eigenvalue weighted by Crippen LogP contribution is -2.16. The molecule has 2 aromatic heterocycles. The van der Waals surface area contributed by atoms with E-state index in [1.165, 1.54) is 6.42 Å². The first kappa shape index (κ1) is 13.2. The van der Waals surface area contributed by atoms with Crippen LogP contribution in [0.2, 0.25) is 0 Å². The first-order chi connectivity index (χ1) is 8.79. The lowest BCUT2D eigenvalue weighted by molar-refractivity contribution is 0.492. The second kappa shape index (κ2) is 6.66. The summed E-state index contributed by atoms with van der Waals surface area (Å²) in [4.78, 5) is 9.57. The van der Waals surface area contributed by atoms with Crippen molar-refractivity contribution in [3.63, 3.8) is 0 Å². The summed E-state index contributed by atoms with van der Waals surface area (Å²) in [6.07, 6.45) is 6.75. The summed E-state index contributed by atoms with van der Waals surface area (Å²) in [5.41, 5.74) is 0. The lowest BCUT2D eigenvalue weighted by Gasteiger charge is -2.00. The standard InChI is InChI=1S/C13H19N3OS/c1-3-6-14-7-4-5-13-16-8-11(17-13)12-9-15-10(2)18-12/h8-9,14H,3-7H2,1-2H3. The molecular formula is C13H19N3OS. The summed E-state index contributed by atoms with van der Waals surface area (Å²) in [6.45, 7) is 6.26. The Balaban J connectivity index is 1.83. The molecule has 0 fully saturated rings. The number of nitrogens with zero attached hydrogens (tertiary/aromatic N) is 2. The molecule has 0 aliphatic heterocycles. The van der Waals surface area contributed by atoms with Crippen molar-refractivity contribution < 1.29 is 4.42 Å². The van der Waals surface area contributed by atoms with E-state index in [1.54, 1.807) is 17.5 Å². The minimum absolute atomic E-state index is 0.814. The fourth-order valence-electron chi connectivity index (χ4n) is 1.68. The van der Waals surface area contributed by atoms with Crippen LogP contribution in [0.4, 0.5) is 0 Å². The van der Waals surface area contributed by atoms with Gasteiger partial charge in [-0.3, -0.25) is 0 Å². The third kappa shape index (κ3) is 3.65. The summed E-state index contributed by atoms with van der Waals surface area (Å²) in [5, 5.41) is 4.42. The molecular weight excluding hydrogens is 246 g/mol. The highest BCUT2D eigenvalue weighted by Gasteiger charge is 2.08. The van der Waals surface area contributed by atoms with Gasteiger partial charge in [-0.05, 0) is 32.9 Å². The van der Waals surface area contributed by atoms with Crippen molar-refractivity contribution in [1.29, 1.82) is 0 Å². The normalized spacial score (nSPS) is 11.0. The summed E-state index contributed by atoms with van der Waals surface area (Å²) in [5.74, 6) is 1.64. The fraction of sp³-hybridized carbons (Fsp3) is 0.538. The van der Waals surface area contributed by atoms with Gasteiger partial charge in [-0.2, -0.15) is 0 Å². The van der Waals surface area contributed by atoms with Crippen molar-refractivity contribution in [3.8, 4) is 10.6 Å². The molecule has 2 heterocycles. The monoisotopic (exact) mass is 265 g/mol. The van der Waals surface area contributed by atoms with Gasteiger partial charge in [0.15, 0.2) is 11.7 Å². The van der Waals surface area contributed by atoms with Crippen molar-refractivity contribution in [2.75, 3.05) is 13.1 Å². The topological polar surface area (TPSA) is 51.0 Å². The van der Waals surface area contributed by atoms with Gasteiger partial charge < -0.3 is 9.73 Å². The Bertz CT molecular complexity index is 478. The SMILES string of the molecule is CCCNCCCc1ncc(-c2cnc(C)s2)o1. The molecule has 5 heteroatoms. The molecule has 98 valence electrons. The third-order valence-electron chi connectivity index (χ3n) is 2.59. The molecule has 0 saturated carbocycles. The molecule has 0 saturated heterocycles. The number of nitrogens with one attached hydrogen (secondary N) is 1. The van der Waals surface area contributed by atoms with Crippen molar-refractivity contribution in [3.05, 3.63) is 23.3 Å². The number of oxazole rings is 1. The van der Waals surface area contributed by atoms with Gasteiger partial charge in [-0.25, -0.2) is 9.97 Å². The first-order valence-corrected chi connectivity index (χ1v) is 7.19. The maximum atomic E-state index is 5.72. The predicted octanol–water partition coefficient (Wildman–Crippen LogP) is 3.04. The Hall–Kier alpha value is -1.20. The van der Waals surface area contributed by atoms with Crippen LogP contribution in [0.1, 0.15) is 30.7 Å². The van der Waals surface area contributed by atoms with Gasteiger partial charge in [-0.1, -0.05) is 6.92 Å². The summed E-state index contributed by atoms with van der Waals surface area (Å²) < 4.78 is 5.72. The van der Waals surface area contributed by atoms with Crippen LogP contribution in [0.3, 0.4) is 0 Å². The maximum Gasteiger partial charge on any atom is 0.194 e. The van der Waals surface area contributed by atoms with Crippen LogP contribution >= 0.6 is 11.3 Å². The van der Waals surface area contributed by atoms with E-state index in [9.17, 15) is 0 Å². The van der Waals surface area contributed by atoms with E-state index < -0.39 is 0 Å². The first-order valence-electron chi connectivity index (χ1n) is 6.38. The number of thiazole rings is 1. The molecule has 0 amide bonds. The fourth-order valence-corrected chi connectivity index (χ4v) is 2.41. The van der Waals surface area contributed by atoms with Gasteiger partial charge in [0.25, 0.3) is 0 Å². The van der Waals surface area contributed by atoms with Crippen molar-refractivity contribution in [1.82, 2.24) is 15.3 Å². The number of hydrogen-bond acceptors (Lipinski definition) is 5. The van der Waals surface area contributed by atoms with Crippen LogP contribution in [0.25, 0.3) is 10.6 Å². The van der Waals surface area contributed by atoms with Crippen LogP contribution in [0.5, 0.6) is 0 Å². The average Bonchev–Trinajstić information content (AvgIpc) is 2.97. The van der Waals surface area contributed by atoms with Gasteiger partial charge in [0, 0.05) is 12.6 Å². The van der Waals surface area contributed by atoms with Crippen LogP contribution in [0, 0.1) is 6.92 Å². The Morgan fingerprint density at radius 1 is 1.28 bits per heavy atom. The zero-order valence-electron chi connectivity index (χ0n) is 10.9. The third-order valence-corrected chi connectivity index (χ3v) is 3.52.